The molecule has 4 atom stereocenters. The molecule has 40 heavy (non-hydrogen) atoms. The van der Waals surface area contributed by atoms with Crippen LogP contribution in [0.25, 0.3) is 0 Å². The topological polar surface area (TPSA) is 214 Å². The Hall–Kier alpha value is -4.29. The smallest absolute Gasteiger partial charge is 0.326 e. The van der Waals surface area contributed by atoms with Gasteiger partial charge < -0.3 is 37.6 Å². The van der Waals surface area contributed by atoms with Gasteiger partial charge in [0.1, 0.15) is 18.1 Å². The average Bonchev–Trinajstić information content (AvgIpc) is 2.92. The first-order valence-electron chi connectivity index (χ1n) is 13.0. The zero-order valence-electron chi connectivity index (χ0n) is 22.1. The van der Waals surface area contributed by atoms with Crippen LogP contribution in [0.2, 0.25) is 0 Å². The Morgan fingerprint density at radius 2 is 1.18 bits per heavy atom. The standard InChI is InChI=1S/C28H37N5O7/c29-14-8-7-13-21(28(39)40)31-26(37)22(16-19-11-5-2-6-12-19)33-27(38)23(17-24(34)35)32-25(36)20(30)15-18-9-3-1-4-10-18/h1-6,9-12,20-23H,7-8,13-17,29-30H2,(H,31,37)(H,32,36)(H,33,38)(H,34,35)(H,39,40)/t20-,21-,22-,23-/m0/s1. The Labute approximate surface area is 232 Å². The van der Waals surface area contributed by atoms with E-state index in [4.69, 9.17) is 11.5 Å². The van der Waals surface area contributed by atoms with E-state index in [0.29, 0.717) is 24.9 Å². The molecule has 0 saturated carbocycles. The van der Waals surface area contributed by atoms with Crippen molar-refractivity contribution in [3.63, 3.8) is 0 Å². The second kappa shape index (κ2) is 16.6. The lowest BCUT2D eigenvalue weighted by molar-refractivity contribution is -0.143. The molecule has 0 aliphatic carbocycles. The number of amides is 3. The van der Waals surface area contributed by atoms with Crippen LogP contribution in [-0.4, -0.2) is 70.6 Å². The number of rotatable bonds is 17. The summed E-state index contributed by atoms with van der Waals surface area (Å²) in [6.45, 7) is 0.374. The summed E-state index contributed by atoms with van der Waals surface area (Å²) < 4.78 is 0. The van der Waals surface area contributed by atoms with Crippen LogP contribution in [0.15, 0.2) is 60.7 Å². The molecule has 2 aromatic rings. The lowest BCUT2D eigenvalue weighted by Gasteiger charge is -2.25. The number of carboxylic acids is 2. The Kier molecular flexibility index (Phi) is 13.3. The van der Waals surface area contributed by atoms with Crippen molar-refractivity contribution < 1.29 is 34.2 Å². The summed E-state index contributed by atoms with van der Waals surface area (Å²) >= 11 is 0. The van der Waals surface area contributed by atoms with Crippen molar-refractivity contribution in [2.75, 3.05) is 6.54 Å². The largest absolute Gasteiger partial charge is 0.481 e. The van der Waals surface area contributed by atoms with Gasteiger partial charge in [-0.25, -0.2) is 4.79 Å². The van der Waals surface area contributed by atoms with E-state index in [0.717, 1.165) is 5.56 Å². The average molecular weight is 556 g/mol. The minimum absolute atomic E-state index is 0.00515. The van der Waals surface area contributed by atoms with E-state index in [9.17, 15) is 34.2 Å². The van der Waals surface area contributed by atoms with E-state index in [1.54, 1.807) is 54.6 Å². The fourth-order valence-electron chi connectivity index (χ4n) is 3.98. The molecule has 0 unspecified atom stereocenters. The van der Waals surface area contributed by atoms with Gasteiger partial charge in [0, 0.05) is 6.42 Å². The lowest BCUT2D eigenvalue weighted by atomic mass is 10.0. The van der Waals surface area contributed by atoms with Crippen LogP contribution in [0.4, 0.5) is 0 Å². The van der Waals surface area contributed by atoms with Crippen molar-refractivity contribution in [1.29, 1.82) is 0 Å². The Morgan fingerprint density at radius 3 is 1.70 bits per heavy atom. The van der Waals surface area contributed by atoms with Crippen LogP contribution in [0, 0.1) is 0 Å². The Bertz CT molecular complexity index is 1130. The Balaban J connectivity index is 2.18. The van der Waals surface area contributed by atoms with Crippen LogP contribution < -0.4 is 27.4 Å². The third-order valence-corrected chi connectivity index (χ3v) is 6.12. The van der Waals surface area contributed by atoms with Crippen molar-refractivity contribution in [1.82, 2.24) is 16.0 Å². The third-order valence-electron chi connectivity index (χ3n) is 6.12. The van der Waals surface area contributed by atoms with Crippen LogP contribution in [0.3, 0.4) is 0 Å². The molecule has 2 rings (SSSR count). The highest BCUT2D eigenvalue weighted by Crippen LogP contribution is 2.08. The second-order valence-corrected chi connectivity index (χ2v) is 9.39. The summed E-state index contributed by atoms with van der Waals surface area (Å²) in [6.07, 6.45) is 0.586. The highest BCUT2D eigenvalue weighted by atomic mass is 16.4. The predicted octanol–water partition coefficient (Wildman–Crippen LogP) is -0.0582. The van der Waals surface area contributed by atoms with E-state index >= 15 is 0 Å². The van der Waals surface area contributed by atoms with E-state index in [2.05, 4.69) is 16.0 Å². The molecule has 0 saturated heterocycles. The summed E-state index contributed by atoms with van der Waals surface area (Å²) in [4.78, 5) is 62.3. The molecule has 0 aromatic heterocycles. The zero-order valence-corrected chi connectivity index (χ0v) is 22.1. The molecule has 9 N–H and O–H groups in total. The molecular weight excluding hydrogens is 518 g/mol. The maximum Gasteiger partial charge on any atom is 0.326 e. The molecule has 0 fully saturated rings. The van der Waals surface area contributed by atoms with Crippen LogP contribution in [-0.2, 0) is 36.8 Å². The minimum atomic E-state index is -1.53. The summed E-state index contributed by atoms with van der Waals surface area (Å²) in [5.41, 5.74) is 12.9. The number of hydrogen-bond donors (Lipinski definition) is 7. The van der Waals surface area contributed by atoms with Gasteiger partial charge in [0.15, 0.2) is 0 Å². The van der Waals surface area contributed by atoms with Crippen molar-refractivity contribution in [2.24, 2.45) is 11.5 Å². The molecule has 0 radical (unpaired) electrons. The first-order chi connectivity index (χ1) is 19.1. The highest BCUT2D eigenvalue weighted by Gasteiger charge is 2.31. The van der Waals surface area contributed by atoms with Crippen LogP contribution in [0.1, 0.15) is 36.8 Å². The molecule has 0 heterocycles. The number of hydrogen-bond acceptors (Lipinski definition) is 7. The minimum Gasteiger partial charge on any atom is -0.481 e. The van der Waals surface area contributed by atoms with E-state index in [-0.39, 0.29) is 19.3 Å². The molecule has 0 bridgehead atoms. The first kappa shape index (κ1) is 31.9. The van der Waals surface area contributed by atoms with Gasteiger partial charge >= 0.3 is 11.9 Å². The third kappa shape index (κ3) is 11.2. The molecular formula is C28H37N5O7. The van der Waals surface area contributed by atoms with Gasteiger partial charge in [0.2, 0.25) is 17.7 Å². The Morgan fingerprint density at radius 1 is 0.675 bits per heavy atom. The van der Waals surface area contributed by atoms with Crippen LogP contribution >= 0.6 is 0 Å². The number of carbonyl (C=O) groups is 5. The number of carbonyl (C=O) groups excluding carboxylic acids is 3. The van der Waals surface area contributed by atoms with Gasteiger partial charge in [-0.05, 0) is 43.4 Å². The van der Waals surface area contributed by atoms with Crippen molar-refractivity contribution in [2.45, 2.75) is 62.7 Å². The highest BCUT2D eigenvalue weighted by molar-refractivity contribution is 5.95. The van der Waals surface area contributed by atoms with Gasteiger partial charge in [0.25, 0.3) is 0 Å². The maximum atomic E-state index is 13.2. The van der Waals surface area contributed by atoms with Crippen molar-refractivity contribution in [3.8, 4) is 0 Å². The molecule has 2 aromatic carbocycles. The molecule has 0 aliphatic rings. The van der Waals surface area contributed by atoms with Crippen LogP contribution in [0.5, 0.6) is 0 Å². The zero-order chi connectivity index (χ0) is 29.5. The number of benzene rings is 2. The van der Waals surface area contributed by atoms with E-state index < -0.39 is 60.2 Å². The SMILES string of the molecule is NCCCC[C@H](NC(=O)[C@H](Cc1ccccc1)NC(=O)[C@H](CC(=O)O)NC(=O)[C@@H](N)Cc1ccccc1)C(=O)O. The number of unbranched alkanes of at least 4 members (excludes halogenated alkanes) is 1. The molecule has 216 valence electrons. The molecule has 0 aliphatic heterocycles. The number of carboxylic acid groups (broad SMARTS) is 2. The normalized spacial score (nSPS) is 13.8. The summed E-state index contributed by atoms with van der Waals surface area (Å²) in [6, 6.07) is 12.6. The molecule has 12 heteroatoms. The van der Waals surface area contributed by atoms with Gasteiger partial charge in [-0.2, -0.15) is 0 Å². The first-order valence-corrected chi connectivity index (χ1v) is 13.0. The monoisotopic (exact) mass is 555 g/mol. The summed E-state index contributed by atoms with van der Waals surface area (Å²) in [5, 5.41) is 26.2. The summed E-state index contributed by atoms with van der Waals surface area (Å²) in [5.74, 6) is -5.02. The second-order valence-electron chi connectivity index (χ2n) is 9.39. The fourth-order valence-corrected chi connectivity index (χ4v) is 3.98. The number of nitrogens with one attached hydrogen (secondary N) is 3. The van der Waals surface area contributed by atoms with Crippen molar-refractivity contribution >= 4 is 29.7 Å². The van der Waals surface area contributed by atoms with Gasteiger partial charge in [-0.1, -0.05) is 60.7 Å². The maximum absolute atomic E-state index is 13.2. The lowest BCUT2D eigenvalue weighted by Crippen LogP contribution is -2.58. The van der Waals surface area contributed by atoms with Crippen molar-refractivity contribution in [3.05, 3.63) is 71.8 Å². The molecule has 12 nitrogen and oxygen atoms in total. The summed E-state index contributed by atoms with van der Waals surface area (Å²) in [7, 11) is 0. The quantitative estimate of drug-likeness (QED) is 0.130. The van der Waals surface area contributed by atoms with E-state index in [1.165, 1.54) is 0 Å². The predicted molar refractivity (Wildman–Crippen MR) is 147 cm³/mol. The van der Waals surface area contributed by atoms with Gasteiger partial charge in [-0.3, -0.25) is 19.2 Å². The number of nitrogens with two attached hydrogens (primary N) is 2. The van der Waals surface area contributed by atoms with E-state index in [1.807, 2.05) is 6.07 Å². The fraction of sp³-hybridized carbons (Fsp3) is 0.393. The molecule has 3 amide bonds. The van der Waals surface area contributed by atoms with Gasteiger partial charge in [-0.15, -0.1) is 0 Å². The molecule has 0 spiro atoms. The number of aliphatic carboxylic acids is 2. The van der Waals surface area contributed by atoms with Gasteiger partial charge in [0.05, 0.1) is 12.5 Å².